The van der Waals surface area contributed by atoms with Crippen molar-refractivity contribution in [2.45, 2.75) is 38.1 Å². The van der Waals surface area contributed by atoms with Gasteiger partial charge in [0.1, 0.15) is 11.3 Å². The number of aromatic amines is 1. The van der Waals surface area contributed by atoms with Crippen molar-refractivity contribution in [3.8, 4) is 5.75 Å². The molecule has 1 aromatic heterocycles. The number of anilines is 1. The van der Waals surface area contributed by atoms with Crippen LogP contribution in [0.15, 0.2) is 54.7 Å². The standard InChI is InChI=1S/C15H18N2O2.C7H6O3/c18-15(19)17(12-4-2-1-3-5-12)13-7-6-11-8-9-16-14(11)10-13;8-6-4-2-1-3-5(6)7(9)10/h6-10,12,16H,1-5H2,(H,18,19);1-4,8H,(H,9,10). The van der Waals surface area contributed by atoms with E-state index in [-0.39, 0.29) is 17.4 Å². The van der Waals surface area contributed by atoms with Gasteiger partial charge < -0.3 is 20.3 Å². The van der Waals surface area contributed by atoms with Crippen molar-refractivity contribution >= 4 is 28.7 Å². The molecule has 0 bridgehead atoms. The minimum absolute atomic E-state index is 0.0671. The minimum atomic E-state index is -1.11. The topological polar surface area (TPSA) is 114 Å². The third kappa shape index (κ3) is 4.87. The van der Waals surface area contributed by atoms with Crippen molar-refractivity contribution in [2.75, 3.05) is 4.90 Å². The first-order valence-electron chi connectivity index (χ1n) is 9.58. The van der Waals surface area contributed by atoms with E-state index in [4.69, 9.17) is 10.2 Å². The summed E-state index contributed by atoms with van der Waals surface area (Å²) in [5.41, 5.74) is 1.69. The van der Waals surface area contributed by atoms with Gasteiger partial charge in [-0.25, -0.2) is 9.59 Å². The van der Waals surface area contributed by atoms with E-state index in [0.29, 0.717) is 0 Å². The number of rotatable bonds is 3. The molecule has 7 nitrogen and oxygen atoms in total. The molecule has 0 saturated heterocycles. The molecule has 3 aromatic rings. The molecule has 29 heavy (non-hydrogen) atoms. The number of carboxylic acid groups (broad SMARTS) is 2. The number of carboxylic acids is 1. The van der Waals surface area contributed by atoms with Crippen LogP contribution in [0.1, 0.15) is 42.5 Å². The number of aromatic carboxylic acids is 1. The summed E-state index contributed by atoms with van der Waals surface area (Å²) in [5.74, 6) is -1.31. The van der Waals surface area contributed by atoms with Crippen molar-refractivity contribution in [1.82, 2.24) is 4.98 Å². The van der Waals surface area contributed by atoms with Crippen molar-refractivity contribution < 1.29 is 24.9 Å². The molecule has 7 heteroatoms. The van der Waals surface area contributed by atoms with Crippen LogP contribution in [0.2, 0.25) is 0 Å². The summed E-state index contributed by atoms with van der Waals surface area (Å²) in [7, 11) is 0. The number of amides is 1. The number of hydrogen-bond acceptors (Lipinski definition) is 3. The number of aromatic nitrogens is 1. The number of carbonyl (C=O) groups is 2. The average molecular weight is 396 g/mol. The first-order valence-corrected chi connectivity index (χ1v) is 9.58. The van der Waals surface area contributed by atoms with Crippen molar-refractivity contribution in [2.24, 2.45) is 0 Å². The van der Waals surface area contributed by atoms with Crippen LogP contribution >= 0.6 is 0 Å². The van der Waals surface area contributed by atoms with Crippen molar-refractivity contribution in [3.05, 3.63) is 60.3 Å². The van der Waals surface area contributed by atoms with E-state index in [1.807, 2.05) is 30.5 Å². The van der Waals surface area contributed by atoms with Crippen LogP contribution in [0.25, 0.3) is 10.9 Å². The molecule has 1 saturated carbocycles. The summed E-state index contributed by atoms with van der Waals surface area (Å²) in [6, 6.07) is 13.7. The zero-order valence-corrected chi connectivity index (χ0v) is 15.9. The molecule has 0 radical (unpaired) electrons. The molecular formula is C22H24N2O5. The Balaban J connectivity index is 0.000000204. The van der Waals surface area contributed by atoms with E-state index in [9.17, 15) is 14.7 Å². The maximum Gasteiger partial charge on any atom is 0.412 e. The Bertz CT molecular complexity index is 992. The van der Waals surface area contributed by atoms with Crippen LogP contribution in [0, 0.1) is 0 Å². The third-order valence-corrected chi connectivity index (χ3v) is 5.10. The highest BCUT2D eigenvalue weighted by Crippen LogP contribution is 2.29. The molecular weight excluding hydrogens is 372 g/mol. The fraction of sp³-hybridized carbons (Fsp3) is 0.273. The molecule has 0 atom stereocenters. The molecule has 2 aromatic carbocycles. The molecule has 152 valence electrons. The Kier molecular flexibility index (Phi) is 6.39. The van der Waals surface area contributed by atoms with Gasteiger partial charge in [0, 0.05) is 23.4 Å². The second kappa shape index (κ2) is 9.14. The summed E-state index contributed by atoms with van der Waals surface area (Å²) in [6.07, 6.45) is 6.43. The summed E-state index contributed by atoms with van der Waals surface area (Å²) >= 11 is 0. The van der Waals surface area contributed by atoms with Crippen molar-refractivity contribution in [1.29, 1.82) is 0 Å². The van der Waals surface area contributed by atoms with Gasteiger partial charge in [-0.3, -0.25) is 4.90 Å². The molecule has 1 aliphatic carbocycles. The first kappa shape index (κ1) is 20.3. The van der Waals surface area contributed by atoms with Gasteiger partial charge in [0.15, 0.2) is 0 Å². The SMILES string of the molecule is O=C(O)N(c1ccc2cc[nH]c2c1)C1CCCCC1.O=C(O)c1ccccc1O. The highest BCUT2D eigenvalue weighted by Gasteiger charge is 2.26. The lowest BCUT2D eigenvalue weighted by Gasteiger charge is -2.32. The lowest BCUT2D eigenvalue weighted by atomic mass is 9.94. The van der Waals surface area contributed by atoms with Crippen molar-refractivity contribution in [3.63, 3.8) is 0 Å². The number of benzene rings is 2. The van der Waals surface area contributed by atoms with Gasteiger partial charge in [-0.2, -0.15) is 0 Å². The van der Waals surface area contributed by atoms with E-state index in [0.717, 1.165) is 42.3 Å². The summed E-state index contributed by atoms with van der Waals surface area (Å²) < 4.78 is 0. The van der Waals surface area contributed by atoms with Crippen LogP contribution in [0.3, 0.4) is 0 Å². The lowest BCUT2D eigenvalue weighted by molar-refractivity contribution is 0.0693. The molecule has 1 amide bonds. The largest absolute Gasteiger partial charge is 0.507 e. The highest BCUT2D eigenvalue weighted by atomic mass is 16.4. The smallest absolute Gasteiger partial charge is 0.412 e. The van der Waals surface area contributed by atoms with Crippen LogP contribution in [0.4, 0.5) is 10.5 Å². The molecule has 0 spiro atoms. The quantitative estimate of drug-likeness (QED) is 0.493. The molecule has 1 heterocycles. The van der Waals surface area contributed by atoms with Gasteiger partial charge in [-0.05, 0) is 48.6 Å². The lowest BCUT2D eigenvalue weighted by Crippen LogP contribution is -2.40. The molecule has 0 aliphatic heterocycles. The van der Waals surface area contributed by atoms with Crippen LogP contribution in [-0.4, -0.2) is 38.4 Å². The first-order chi connectivity index (χ1) is 14.0. The molecule has 0 unspecified atom stereocenters. The summed E-state index contributed by atoms with van der Waals surface area (Å²) in [6.45, 7) is 0. The van der Waals surface area contributed by atoms with Crippen LogP contribution < -0.4 is 4.90 Å². The van der Waals surface area contributed by atoms with Gasteiger partial charge in [0.05, 0.1) is 0 Å². The Morgan fingerprint density at radius 1 is 0.966 bits per heavy atom. The number of phenols is 1. The number of fused-ring (bicyclic) bond motifs is 1. The number of para-hydroxylation sites is 1. The van der Waals surface area contributed by atoms with E-state index in [2.05, 4.69) is 4.98 Å². The van der Waals surface area contributed by atoms with E-state index < -0.39 is 12.1 Å². The number of nitrogens with zero attached hydrogens (tertiary/aromatic N) is 1. The maximum absolute atomic E-state index is 11.6. The second-order valence-corrected chi connectivity index (χ2v) is 7.02. The molecule has 4 rings (SSSR count). The predicted molar refractivity (Wildman–Crippen MR) is 111 cm³/mol. The third-order valence-electron chi connectivity index (χ3n) is 5.10. The number of aromatic hydroxyl groups is 1. The maximum atomic E-state index is 11.6. The molecule has 1 aliphatic rings. The molecule has 4 N–H and O–H groups in total. The monoisotopic (exact) mass is 396 g/mol. The zero-order chi connectivity index (χ0) is 20.8. The van der Waals surface area contributed by atoms with Crippen LogP contribution in [0.5, 0.6) is 5.75 Å². The Hall–Kier alpha value is -3.48. The normalized spacial score (nSPS) is 14.1. The number of H-pyrrole nitrogens is 1. The fourth-order valence-corrected chi connectivity index (χ4v) is 3.66. The molecule has 1 fully saturated rings. The average Bonchev–Trinajstić information content (AvgIpc) is 3.17. The van der Waals surface area contributed by atoms with E-state index in [1.54, 1.807) is 17.0 Å². The Labute approximate surface area is 168 Å². The summed E-state index contributed by atoms with van der Waals surface area (Å²) in [5, 5.41) is 27.9. The predicted octanol–water partition coefficient (Wildman–Crippen LogP) is 5.08. The minimum Gasteiger partial charge on any atom is -0.507 e. The Morgan fingerprint density at radius 2 is 1.69 bits per heavy atom. The Morgan fingerprint density at radius 3 is 2.31 bits per heavy atom. The van der Waals surface area contributed by atoms with Gasteiger partial charge in [0.2, 0.25) is 0 Å². The second-order valence-electron chi connectivity index (χ2n) is 7.02. The van der Waals surface area contributed by atoms with E-state index in [1.165, 1.54) is 18.6 Å². The van der Waals surface area contributed by atoms with Gasteiger partial charge in [-0.15, -0.1) is 0 Å². The number of hydrogen-bond donors (Lipinski definition) is 4. The summed E-state index contributed by atoms with van der Waals surface area (Å²) in [4.78, 5) is 26.5. The van der Waals surface area contributed by atoms with Crippen LogP contribution in [-0.2, 0) is 0 Å². The van der Waals surface area contributed by atoms with Gasteiger partial charge in [0.25, 0.3) is 0 Å². The van der Waals surface area contributed by atoms with E-state index >= 15 is 0 Å². The fourth-order valence-electron chi connectivity index (χ4n) is 3.66. The zero-order valence-electron chi connectivity index (χ0n) is 15.9. The number of nitrogens with one attached hydrogen (secondary N) is 1. The van der Waals surface area contributed by atoms with Gasteiger partial charge in [-0.1, -0.05) is 37.5 Å². The highest BCUT2D eigenvalue weighted by molar-refractivity contribution is 5.91. The van der Waals surface area contributed by atoms with Gasteiger partial charge >= 0.3 is 12.1 Å².